The summed E-state index contributed by atoms with van der Waals surface area (Å²) in [6, 6.07) is 7.65. The lowest BCUT2D eigenvalue weighted by Crippen LogP contribution is -1.93. The van der Waals surface area contributed by atoms with Crippen LogP contribution in [0.2, 0.25) is 0 Å². The van der Waals surface area contributed by atoms with E-state index in [9.17, 15) is 0 Å². The minimum Gasteiger partial charge on any atom is -0.494 e. The summed E-state index contributed by atoms with van der Waals surface area (Å²) in [5.74, 6) is 0.767. The highest BCUT2D eigenvalue weighted by Crippen LogP contribution is 2.25. The van der Waals surface area contributed by atoms with Crippen molar-refractivity contribution in [3.8, 4) is 5.75 Å². The standard InChI is InChI=1S/C14H15N3O/c1-11-9-17-12(10-16-11)7-8-15-13-5-3-4-6-14(13)18-2/h3-6,8-10H,7H2,1-2H3. The smallest absolute Gasteiger partial charge is 0.144 e. The lowest BCUT2D eigenvalue weighted by Gasteiger charge is -2.02. The van der Waals surface area contributed by atoms with Crippen LogP contribution in [0.4, 0.5) is 5.69 Å². The molecule has 0 aliphatic rings. The zero-order chi connectivity index (χ0) is 12.8. The molecule has 0 bridgehead atoms. The van der Waals surface area contributed by atoms with Gasteiger partial charge in [0.2, 0.25) is 0 Å². The van der Waals surface area contributed by atoms with Crippen molar-refractivity contribution in [3.63, 3.8) is 0 Å². The van der Waals surface area contributed by atoms with E-state index in [2.05, 4.69) is 15.0 Å². The SMILES string of the molecule is COc1ccccc1N=CCc1cnc(C)cn1. The summed E-state index contributed by atoms with van der Waals surface area (Å²) in [7, 11) is 1.64. The second-order valence-corrected chi connectivity index (χ2v) is 3.84. The number of aryl methyl sites for hydroxylation is 1. The molecule has 0 fully saturated rings. The normalized spacial score (nSPS) is 10.8. The minimum atomic E-state index is 0.658. The van der Waals surface area contributed by atoms with Gasteiger partial charge in [-0.1, -0.05) is 12.1 Å². The molecule has 0 aliphatic carbocycles. The number of aromatic nitrogens is 2. The molecule has 0 spiro atoms. The number of hydrogen-bond donors (Lipinski definition) is 0. The lowest BCUT2D eigenvalue weighted by molar-refractivity contribution is 0.416. The number of para-hydroxylation sites is 2. The summed E-state index contributed by atoms with van der Waals surface area (Å²) in [5.41, 5.74) is 2.64. The Labute approximate surface area is 106 Å². The zero-order valence-electron chi connectivity index (χ0n) is 10.5. The van der Waals surface area contributed by atoms with E-state index in [1.165, 1.54) is 0 Å². The molecule has 0 N–H and O–H groups in total. The van der Waals surface area contributed by atoms with Gasteiger partial charge in [0.15, 0.2) is 0 Å². The highest BCUT2D eigenvalue weighted by Gasteiger charge is 1.98. The minimum absolute atomic E-state index is 0.658. The van der Waals surface area contributed by atoms with Gasteiger partial charge in [0.25, 0.3) is 0 Å². The van der Waals surface area contributed by atoms with Crippen LogP contribution < -0.4 is 4.74 Å². The quantitative estimate of drug-likeness (QED) is 0.773. The van der Waals surface area contributed by atoms with Crippen molar-refractivity contribution in [1.82, 2.24) is 9.97 Å². The van der Waals surface area contributed by atoms with Gasteiger partial charge in [-0.05, 0) is 19.1 Å². The number of nitrogens with zero attached hydrogens (tertiary/aromatic N) is 3. The second-order valence-electron chi connectivity index (χ2n) is 3.84. The molecule has 4 heteroatoms. The van der Waals surface area contributed by atoms with Crippen LogP contribution in [-0.4, -0.2) is 23.3 Å². The maximum Gasteiger partial charge on any atom is 0.144 e. The molecule has 2 rings (SSSR count). The molecular formula is C14H15N3O. The number of benzene rings is 1. The van der Waals surface area contributed by atoms with Gasteiger partial charge in [0, 0.05) is 25.0 Å². The molecule has 0 unspecified atom stereocenters. The molecule has 4 nitrogen and oxygen atoms in total. The van der Waals surface area contributed by atoms with Gasteiger partial charge in [-0.25, -0.2) is 0 Å². The van der Waals surface area contributed by atoms with E-state index in [0.717, 1.165) is 22.8 Å². The van der Waals surface area contributed by atoms with Gasteiger partial charge in [-0.3, -0.25) is 15.0 Å². The number of aliphatic imine (C=N–C) groups is 1. The molecule has 18 heavy (non-hydrogen) atoms. The fourth-order valence-electron chi connectivity index (χ4n) is 1.50. The van der Waals surface area contributed by atoms with E-state index in [1.807, 2.05) is 37.4 Å². The van der Waals surface area contributed by atoms with Crippen LogP contribution in [0, 0.1) is 6.92 Å². The zero-order valence-corrected chi connectivity index (χ0v) is 10.5. The molecule has 1 heterocycles. The molecule has 0 atom stereocenters. The van der Waals surface area contributed by atoms with Crippen molar-refractivity contribution in [1.29, 1.82) is 0 Å². The fourth-order valence-corrected chi connectivity index (χ4v) is 1.50. The van der Waals surface area contributed by atoms with Crippen LogP contribution in [0.1, 0.15) is 11.4 Å². The third kappa shape index (κ3) is 3.13. The van der Waals surface area contributed by atoms with E-state index < -0.39 is 0 Å². The topological polar surface area (TPSA) is 47.4 Å². The first-order valence-electron chi connectivity index (χ1n) is 5.72. The van der Waals surface area contributed by atoms with Gasteiger partial charge >= 0.3 is 0 Å². The Morgan fingerprint density at radius 1 is 1.22 bits per heavy atom. The Morgan fingerprint density at radius 2 is 2.06 bits per heavy atom. The van der Waals surface area contributed by atoms with Crippen LogP contribution in [0.3, 0.4) is 0 Å². The lowest BCUT2D eigenvalue weighted by atomic mass is 10.3. The van der Waals surface area contributed by atoms with Crippen molar-refractivity contribution >= 4 is 11.9 Å². The van der Waals surface area contributed by atoms with E-state index in [0.29, 0.717) is 6.42 Å². The maximum absolute atomic E-state index is 5.22. The van der Waals surface area contributed by atoms with Gasteiger partial charge in [0.1, 0.15) is 11.4 Å². The van der Waals surface area contributed by atoms with Crippen molar-refractivity contribution in [3.05, 3.63) is 48.0 Å². The first-order chi connectivity index (χ1) is 8.79. The van der Waals surface area contributed by atoms with Gasteiger partial charge < -0.3 is 4.74 Å². The van der Waals surface area contributed by atoms with Crippen LogP contribution in [-0.2, 0) is 6.42 Å². The molecule has 0 radical (unpaired) electrons. The molecule has 1 aromatic heterocycles. The Balaban J connectivity index is 2.05. The molecule has 0 saturated heterocycles. The van der Waals surface area contributed by atoms with E-state index in [4.69, 9.17) is 4.74 Å². The first-order valence-corrected chi connectivity index (χ1v) is 5.72. The number of rotatable bonds is 4. The Bertz CT molecular complexity index is 535. The molecule has 0 amide bonds. The third-order valence-electron chi connectivity index (χ3n) is 2.45. The monoisotopic (exact) mass is 241 g/mol. The molecule has 0 saturated carbocycles. The van der Waals surface area contributed by atoms with Crippen LogP contribution >= 0.6 is 0 Å². The summed E-state index contributed by atoms with van der Waals surface area (Å²) in [6.45, 7) is 1.92. The van der Waals surface area contributed by atoms with Crippen LogP contribution in [0.25, 0.3) is 0 Å². The fraction of sp³-hybridized carbons (Fsp3) is 0.214. The Morgan fingerprint density at radius 3 is 2.78 bits per heavy atom. The van der Waals surface area contributed by atoms with Gasteiger partial charge in [-0.2, -0.15) is 0 Å². The van der Waals surface area contributed by atoms with E-state index >= 15 is 0 Å². The second kappa shape index (κ2) is 5.91. The summed E-state index contributed by atoms with van der Waals surface area (Å²) < 4.78 is 5.22. The highest BCUT2D eigenvalue weighted by atomic mass is 16.5. The highest BCUT2D eigenvalue weighted by molar-refractivity contribution is 5.68. The summed E-state index contributed by atoms with van der Waals surface area (Å²) in [5, 5.41) is 0. The molecule has 2 aromatic rings. The largest absolute Gasteiger partial charge is 0.494 e. The molecule has 0 aliphatic heterocycles. The molecular weight excluding hydrogens is 226 g/mol. The maximum atomic E-state index is 5.22. The van der Waals surface area contributed by atoms with Crippen molar-refractivity contribution in [2.75, 3.05) is 7.11 Å². The van der Waals surface area contributed by atoms with Gasteiger partial charge in [-0.15, -0.1) is 0 Å². The molecule has 1 aromatic carbocycles. The Kier molecular flexibility index (Phi) is 4.02. The number of methoxy groups -OCH3 is 1. The molecule has 92 valence electrons. The summed E-state index contributed by atoms with van der Waals surface area (Å²) in [6.07, 6.45) is 6.00. The first kappa shape index (κ1) is 12.2. The van der Waals surface area contributed by atoms with Crippen LogP contribution in [0.15, 0.2) is 41.7 Å². The number of ether oxygens (including phenoxy) is 1. The van der Waals surface area contributed by atoms with E-state index in [-0.39, 0.29) is 0 Å². The predicted molar refractivity (Wildman–Crippen MR) is 71.6 cm³/mol. The third-order valence-corrected chi connectivity index (χ3v) is 2.45. The summed E-state index contributed by atoms with van der Waals surface area (Å²) in [4.78, 5) is 12.8. The van der Waals surface area contributed by atoms with Crippen molar-refractivity contribution in [2.24, 2.45) is 4.99 Å². The van der Waals surface area contributed by atoms with E-state index in [1.54, 1.807) is 19.5 Å². The van der Waals surface area contributed by atoms with Gasteiger partial charge in [0.05, 0.1) is 18.5 Å². The predicted octanol–water partition coefficient (Wildman–Crippen LogP) is 2.74. The number of hydrogen-bond acceptors (Lipinski definition) is 4. The average molecular weight is 241 g/mol. The van der Waals surface area contributed by atoms with Crippen LogP contribution in [0.5, 0.6) is 5.75 Å². The Hall–Kier alpha value is -2.23. The van der Waals surface area contributed by atoms with Crippen molar-refractivity contribution in [2.45, 2.75) is 13.3 Å². The van der Waals surface area contributed by atoms with Crippen molar-refractivity contribution < 1.29 is 4.74 Å². The summed E-state index contributed by atoms with van der Waals surface area (Å²) >= 11 is 0. The average Bonchev–Trinajstić information content (AvgIpc) is 2.41.